The van der Waals surface area contributed by atoms with Gasteiger partial charge < -0.3 is 10.1 Å². The largest absolute Gasteiger partial charge is 0.466 e. The van der Waals surface area contributed by atoms with Crippen LogP contribution in [-0.2, 0) is 9.53 Å². The first kappa shape index (κ1) is 18.5. The topological polar surface area (TPSA) is 38.3 Å². The zero-order valence-electron chi connectivity index (χ0n) is 14.0. The lowest BCUT2D eigenvalue weighted by Crippen LogP contribution is -2.17. The van der Waals surface area contributed by atoms with Gasteiger partial charge in [-0.3, -0.25) is 4.79 Å². The molecule has 1 saturated carbocycles. The van der Waals surface area contributed by atoms with Gasteiger partial charge >= 0.3 is 5.97 Å². The van der Waals surface area contributed by atoms with Gasteiger partial charge in [0.15, 0.2) is 0 Å². The first-order valence-electron chi connectivity index (χ1n) is 9.22. The lowest BCUT2D eigenvalue weighted by molar-refractivity contribution is -0.143. The van der Waals surface area contributed by atoms with E-state index in [9.17, 15) is 4.79 Å². The van der Waals surface area contributed by atoms with Gasteiger partial charge in [0.05, 0.1) is 6.61 Å². The van der Waals surface area contributed by atoms with Crippen molar-refractivity contribution in [3.8, 4) is 0 Å². The molecular weight excluding hydrogens is 262 g/mol. The highest BCUT2D eigenvalue weighted by atomic mass is 16.5. The summed E-state index contributed by atoms with van der Waals surface area (Å²) < 4.78 is 5.27. The SMILES string of the molecule is CCCCCCCCCOC(=O)CCCCCNC1CC1. The molecule has 0 bridgehead atoms. The van der Waals surface area contributed by atoms with Crippen molar-refractivity contribution < 1.29 is 9.53 Å². The van der Waals surface area contributed by atoms with Gasteiger partial charge in [-0.2, -0.15) is 0 Å². The van der Waals surface area contributed by atoms with Crippen molar-refractivity contribution in [2.75, 3.05) is 13.2 Å². The number of ether oxygens (including phenoxy) is 1. The zero-order chi connectivity index (χ0) is 15.2. The molecule has 0 saturated heterocycles. The third-order valence-electron chi connectivity index (χ3n) is 4.08. The van der Waals surface area contributed by atoms with Crippen LogP contribution >= 0.6 is 0 Å². The highest BCUT2D eigenvalue weighted by molar-refractivity contribution is 5.69. The maximum Gasteiger partial charge on any atom is 0.305 e. The third kappa shape index (κ3) is 12.9. The maximum absolute atomic E-state index is 11.5. The molecule has 0 atom stereocenters. The number of rotatable bonds is 15. The molecule has 1 aliphatic rings. The van der Waals surface area contributed by atoms with Crippen LogP contribution in [0.1, 0.15) is 90.4 Å². The maximum atomic E-state index is 11.5. The summed E-state index contributed by atoms with van der Waals surface area (Å²) in [5.41, 5.74) is 0. The molecule has 1 aliphatic carbocycles. The lowest BCUT2D eigenvalue weighted by Gasteiger charge is -2.05. The van der Waals surface area contributed by atoms with Gasteiger partial charge in [-0.15, -0.1) is 0 Å². The smallest absolute Gasteiger partial charge is 0.305 e. The molecule has 3 heteroatoms. The van der Waals surface area contributed by atoms with Crippen LogP contribution in [0.4, 0.5) is 0 Å². The van der Waals surface area contributed by atoms with Gasteiger partial charge in [-0.05, 0) is 38.6 Å². The molecule has 0 heterocycles. The second-order valence-electron chi connectivity index (χ2n) is 6.38. The number of esters is 1. The minimum absolute atomic E-state index is 0.00358. The molecule has 21 heavy (non-hydrogen) atoms. The normalized spacial score (nSPS) is 14.3. The number of hydrogen-bond donors (Lipinski definition) is 1. The Labute approximate surface area is 131 Å². The van der Waals surface area contributed by atoms with E-state index in [0.717, 1.165) is 31.8 Å². The van der Waals surface area contributed by atoms with E-state index in [1.54, 1.807) is 0 Å². The van der Waals surface area contributed by atoms with E-state index in [2.05, 4.69) is 12.2 Å². The fourth-order valence-electron chi connectivity index (χ4n) is 2.48. The van der Waals surface area contributed by atoms with Crippen molar-refractivity contribution >= 4 is 5.97 Å². The average molecular weight is 297 g/mol. The molecule has 0 aromatic rings. The molecule has 124 valence electrons. The van der Waals surface area contributed by atoms with Gasteiger partial charge in [0.25, 0.3) is 0 Å². The van der Waals surface area contributed by atoms with E-state index < -0.39 is 0 Å². The Morgan fingerprint density at radius 1 is 0.952 bits per heavy atom. The Kier molecular flexibility index (Phi) is 11.5. The predicted octanol–water partition coefficient (Wildman–Crippen LogP) is 4.59. The Morgan fingerprint density at radius 3 is 2.33 bits per heavy atom. The molecule has 0 aromatic heterocycles. The fourth-order valence-corrected chi connectivity index (χ4v) is 2.48. The van der Waals surface area contributed by atoms with Gasteiger partial charge in [-0.25, -0.2) is 0 Å². The molecule has 0 amide bonds. The molecule has 0 aliphatic heterocycles. The first-order chi connectivity index (χ1) is 10.3. The van der Waals surface area contributed by atoms with Crippen molar-refractivity contribution in [2.45, 2.75) is 96.4 Å². The van der Waals surface area contributed by atoms with Crippen LogP contribution in [0.25, 0.3) is 0 Å². The summed E-state index contributed by atoms with van der Waals surface area (Å²) in [6, 6.07) is 0.803. The molecule has 0 aromatic carbocycles. The van der Waals surface area contributed by atoms with Gasteiger partial charge in [0.2, 0.25) is 0 Å². The second-order valence-corrected chi connectivity index (χ2v) is 6.38. The summed E-state index contributed by atoms with van der Waals surface area (Å²) in [5.74, 6) is -0.00358. The van der Waals surface area contributed by atoms with Crippen molar-refractivity contribution in [3.63, 3.8) is 0 Å². The summed E-state index contributed by atoms with van der Waals surface area (Å²) in [4.78, 5) is 11.5. The quantitative estimate of drug-likeness (QED) is 0.355. The number of unbranched alkanes of at least 4 members (excludes halogenated alkanes) is 8. The lowest BCUT2D eigenvalue weighted by atomic mass is 10.1. The van der Waals surface area contributed by atoms with Crippen molar-refractivity contribution in [1.29, 1.82) is 0 Å². The van der Waals surface area contributed by atoms with Crippen molar-refractivity contribution in [1.82, 2.24) is 5.32 Å². The van der Waals surface area contributed by atoms with E-state index in [1.165, 1.54) is 57.8 Å². The van der Waals surface area contributed by atoms with Crippen LogP contribution in [0.3, 0.4) is 0 Å². The Balaban J connectivity index is 1.72. The summed E-state index contributed by atoms with van der Waals surface area (Å²) in [6.45, 7) is 3.97. The first-order valence-corrected chi connectivity index (χ1v) is 9.22. The van der Waals surface area contributed by atoms with E-state index in [1.807, 2.05) is 0 Å². The van der Waals surface area contributed by atoms with E-state index >= 15 is 0 Å². The molecule has 1 rings (SSSR count). The summed E-state index contributed by atoms with van der Waals surface area (Å²) in [7, 11) is 0. The minimum atomic E-state index is -0.00358. The average Bonchev–Trinajstić information content (AvgIpc) is 3.29. The minimum Gasteiger partial charge on any atom is -0.466 e. The predicted molar refractivity (Wildman–Crippen MR) is 88.4 cm³/mol. The number of nitrogens with one attached hydrogen (secondary N) is 1. The van der Waals surface area contributed by atoms with Crippen LogP contribution in [0, 0.1) is 0 Å². The molecule has 0 radical (unpaired) electrons. The Morgan fingerprint density at radius 2 is 1.62 bits per heavy atom. The molecule has 1 fully saturated rings. The molecule has 0 unspecified atom stereocenters. The van der Waals surface area contributed by atoms with Gasteiger partial charge in [0.1, 0.15) is 0 Å². The van der Waals surface area contributed by atoms with Crippen LogP contribution in [-0.4, -0.2) is 25.2 Å². The van der Waals surface area contributed by atoms with Crippen molar-refractivity contribution in [2.24, 2.45) is 0 Å². The van der Waals surface area contributed by atoms with E-state index in [0.29, 0.717) is 13.0 Å². The fraction of sp³-hybridized carbons (Fsp3) is 0.944. The zero-order valence-corrected chi connectivity index (χ0v) is 14.0. The number of carbonyl (C=O) groups excluding carboxylic acids is 1. The van der Waals surface area contributed by atoms with Crippen LogP contribution in [0.15, 0.2) is 0 Å². The van der Waals surface area contributed by atoms with E-state index in [4.69, 9.17) is 4.74 Å². The summed E-state index contributed by atoms with van der Waals surface area (Å²) in [5, 5.41) is 3.50. The monoisotopic (exact) mass is 297 g/mol. The van der Waals surface area contributed by atoms with Crippen LogP contribution < -0.4 is 5.32 Å². The number of hydrogen-bond acceptors (Lipinski definition) is 3. The standard InChI is InChI=1S/C18H35NO2/c1-2-3-4-5-6-7-11-16-21-18(20)12-9-8-10-15-19-17-13-14-17/h17,19H,2-16H2,1H3. The van der Waals surface area contributed by atoms with E-state index in [-0.39, 0.29) is 5.97 Å². The molecular formula is C18H35NO2. The van der Waals surface area contributed by atoms with Gasteiger partial charge in [-0.1, -0.05) is 51.9 Å². The summed E-state index contributed by atoms with van der Waals surface area (Å²) in [6.07, 6.45) is 15.4. The van der Waals surface area contributed by atoms with Gasteiger partial charge in [0, 0.05) is 12.5 Å². The molecule has 0 spiro atoms. The van der Waals surface area contributed by atoms with Crippen LogP contribution in [0.2, 0.25) is 0 Å². The van der Waals surface area contributed by atoms with Crippen LogP contribution in [0.5, 0.6) is 0 Å². The highest BCUT2D eigenvalue weighted by Crippen LogP contribution is 2.18. The Hall–Kier alpha value is -0.570. The third-order valence-corrected chi connectivity index (χ3v) is 4.08. The molecule has 3 nitrogen and oxygen atoms in total. The van der Waals surface area contributed by atoms with Crippen molar-refractivity contribution in [3.05, 3.63) is 0 Å². The summed E-state index contributed by atoms with van der Waals surface area (Å²) >= 11 is 0. The number of carbonyl (C=O) groups is 1. The highest BCUT2D eigenvalue weighted by Gasteiger charge is 2.19. The Bertz CT molecular complexity index is 252. The second kappa shape index (κ2) is 13.1. The molecule has 1 N–H and O–H groups in total.